The number of aliphatic carboxylic acids is 1. The molecular formula is C13H13BrN2O5. The zero-order chi connectivity index (χ0) is 15.6. The van der Waals surface area contributed by atoms with Gasteiger partial charge in [-0.3, -0.25) is 19.7 Å². The van der Waals surface area contributed by atoms with Crippen LogP contribution in [0.5, 0.6) is 0 Å². The van der Waals surface area contributed by atoms with Crippen LogP contribution in [0.4, 0.5) is 5.69 Å². The van der Waals surface area contributed by atoms with Gasteiger partial charge in [0, 0.05) is 16.6 Å². The van der Waals surface area contributed by atoms with Crippen LogP contribution in [0, 0.1) is 10.1 Å². The first-order valence-electron chi connectivity index (χ1n) is 6.31. The molecule has 0 unspecified atom stereocenters. The number of benzene rings is 1. The number of non-ortho nitro benzene ring substituents is 1. The first-order valence-corrected chi connectivity index (χ1v) is 7.10. The lowest BCUT2D eigenvalue weighted by Crippen LogP contribution is -2.54. The van der Waals surface area contributed by atoms with Gasteiger partial charge in [-0.1, -0.05) is 0 Å². The number of nitro benzene ring substituents is 1. The standard InChI is InChI=1S/C13H13BrN2O5/c14-10-3-2-8(16(20)21)6-9(10)12(19)15-13(4-1-5-13)7-11(17)18/h2-3,6H,1,4-5,7H2,(H,15,19)(H,17,18). The minimum absolute atomic E-state index is 0.126. The molecule has 7 nitrogen and oxygen atoms in total. The van der Waals surface area contributed by atoms with Crippen molar-refractivity contribution in [2.24, 2.45) is 0 Å². The van der Waals surface area contributed by atoms with E-state index in [9.17, 15) is 19.7 Å². The lowest BCUT2D eigenvalue weighted by Gasteiger charge is -2.41. The van der Waals surface area contributed by atoms with Crippen LogP contribution in [0.25, 0.3) is 0 Å². The number of nitro groups is 1. The van der Waals surface area contributed by atoms with Crippen LogP contribution in [0.3, 0.4) is 0 Å². The molecule has 0 heterocycles. The van der Waals surface area contributed by atoms with Gasteiger partial charge in [0.1, 0.15) is 0 Å². The van der Waals surface area contributed by atoms with Gasteiger partial charge in [0.2, 0.25) is 0 Å². The van der Waals surface area contributed by atoms with Crippen molar-refractivity contribution in [3.05, 3.63) is 38.3 Å². The number of hydrogen-bond donors (Lipinski definition) is 2. The molecule has 1 aromatic carbocycles. The minimum Gasteiger partial charge on any atom is -0.481 e. The summed E-state index contributed by atoms with van der Waals surface area (Å²) in [6.45, 7) is 0. The van der Waals surface area contributed by atoms with Gasteiger partial charge in [-0.05, 0) is 41.3 Å². The van der Waals surface area contributed by atoms with E-state index in [1.54, 1.807) is 0 Å². The van der Waals surface area contributed by atoms with Crippen molar-refractivity contribution >= 4 is 33.5 Å². The van der Waals surface area contributed by atoms with Gasteiger partial charge in [-0.25, -0.2) is 0 Å². The molecule has 0 atom stereocenters. The van der Waals surface area contributed by atoms with Gasteiger partial charge >= 0.3 is 5.97 Å². The van der Waals surface area contributed by atoms with E-state index in [1.807, 2.05) is 0 Å². The molecule has 1 aliphatic carbocycles. The highest BCUT2D eigenvalue weighted by Crippen LogP contribution is 2.35. The monoisotopic (exact) mass is 356 g/mol. The second-order valence-corrected chi connectivity index (χ2v) is 5.93. The maximum absolute atomic E-state index is 12.3. The van der Waals surface area contributed by atoms with Crippen LogP contribution in [-0.2, 0) is 4.79 Å². The number of carbonyl (C=O) groups excluding carboxylic acids is 1. The van der Waals surface area contributed by atoms with Gasteiger partial charge < -0.3 is 10.4 Å². The van der Waals surface area contributed by atoms with Crippen molar-refractivity contribution in [2.45, 2.75) is 31.2 Å². The number of carboxylic acids is 1. The lowest BCUT2D eigenvalue weighted by molar-refractivity contribution is -0.384. The molecular weight excluding hydrogens is 344 g/mol. The second-order valence-electron chi connectivity index (χ2n) is 5.08. The Morgan fingerprint density at radius 2 is 2.10 bits per heavy atom. The fourth-order valence-electron chi connectivity index (χ4n) is 2.35. The summed E-state index contributed by atoms with van der Waals surface area (Å²) in [4.78, 5) is 33.3. The van der Waals surface area contributed by atoms with E-state index >= 15 is 0 Å². The van der Waals surface area contributed by atoms with Gasteiger partial charge in [0.25, 0.3) is 11.6 Å². The summed E-state index contributed by atoms with van der Waals surface area (Å²) in [5.74, 6) is -1.49. The Hall–Kier alpha value is -1.96. The van der Waals surface area contributed by atoms with Crippen LogP contribution in [-0.4, -0.2) is 27.4 Å². The number of rotatable bonds is 5. The highest BCUT2D eigenvalue weighted by molar-refractivity contribution is 9.10. The first-order chi connectivity index (χ1) is 9.83. The van der Waals surface area contributed by atoms with Crippen LogP contribution >= 0.6 is 15.9 Å². The third-order valence-corrected chi connectivity index (χ3v) is 4.28. The normalized spacial score (nSPS) is 15.9. The number of carbonyl (C=O) groups is 2. The fraction of sp³-hybridized carbons (Fsp3) is 0.385. The first kappa shape index (κ1) is 15.4. The summed E-state index contributed by atoms with van der Waals surface area (Å²) < 4.78 is 0.426. The highest BCUT2D eigenvalue weighted by Gasteiger charge is 2.40. The molecule has 1 aliphatic rings. The zero-order valence-electron chi connectivity index (χ0n) is 11.0. The summed E-state index contributed by atoms with van der Waals surface area (Å²) in [7, 11) is 0. The van der Waals surface area contributed by atoms with Crippen LogP contribution < -0.4 is 5.32 Å². The molecule has 112 valence electrons. The van der Waals surface area contributed by atoms with Crippen molar-refractivity contribution in [1.29, 1.82) is 0 Å². The topological polar surface area (TPSA) is 110 Å². The van der Waals surface area contributed by atoms with E-state index in [1.165, 1.54) is 18.2 Å². The Bertz CT molecular complexity index is 613. The Balaban J connectivity index is 2.22. The zero-order valence-corrected chi connectivity index (χ0v) is 12.6. The number of nitrogens with one attached hydrogen (secondary N) is 1. The summed E-state index contributed by atoms with van der Waals surface area (Å²) >= 11 is 3.18. The lowest BCUT2D eigenvalue weighted by atomic mass is 9.74. The van der Waals surface area contributed by atoms with Gasteiger partial charge in [0.05, 0.1) is 22.4 Å². The molecule has 2 N–H and O–H groups in total. The van der Waals surface area contributed by atoms with Crippen LogP contribution in [0.15, 0.2) is 22.7 Å². The molecule has 0 saturated heterocycles. The Morgan fingerprint density at radius 3 is 2.57 bits per heavy atom. The minimum atomic E-state index is -0.979. The molecule has 2 rings (SSSR count). The summed E-state index contributed by atoms with van der Waals surface area (Å²) in [6, 6.07) is 3.89. The van der Waals surface area contributed by atoms with E-state index in [-0.39, 0.29) is 17.7 Å². The fourth-order valence-corrected chi connectivity index (χ4v) is 2.77. The molecule has 1 fully saturated rings. The van der Waals surface area contributed by atoms with Gasteiger partial charge in [-0.15, -0.1) is 0 Å². The molecule has 1 amide bonds. The third-order valence-electron chi connectivity index (χ3n) is 3.58. The summed E-state index contributed by atoms with van der Waals surface area (Å²) in [6.07, 6.45) is 1.89. The van der Waals surface area contributed by atoms with E-state index < -0.39 is 22.3 Å². The number of amides is 1. The van der Waals surface area contributed by atoms with Crippen molar-refractivity contribution < 1.29 is 19.6 Å². The number of carboxylic acid groups (broad SMARTS) is 1. The van der Waals surface area contributed by atoms with E-state index in [4.69, 9.17) is 5.11 Å². The second kappa shape index (κ2) is 5.80. The van der Waals surface area contributed by atoms with Crippen molar-refractivity contribution in [3.63, 3.8) is 0 Å². The molecule has 1 aromatic rings. The van der Waals surface area contributed by atoms with Gasteiger partial charge in [0.15, 0.2) is 0 Å². The molecule has 21 heavy (non-hydrogen) atoms. The Labute approximate surface area is 128 Å². The van der Waals surface area contributed by atoms with Crippen molar-refractivity contribution in [3.8, 4) is 0 Å². The number of halogens is 1. The van der Waals surface area contributed by atoms with Crippen LogP contribution in [0.1, 0.15) is 36.0 Å². The van der Waals surface area contributed by atoms with Crippen LogP contribution in [0.2, 0.25) is 0 Å². The smallest absolute Gasteiger partial charge is 0.305 e. The Morgan fingerprint density at radius 1 is 1.43 bits per heavy atom. The van der Waals surface area contributed by atoms with Crippen molar-refractivity contribution in [2.75, 3.05) is 0 Å². The molecule has 0 spiro atoms. The maximum atomic E-state index is 12.3. The number of hydrogen-bond acceptors (Lipinski definition) is 4. The summed E-state index contributed by atoms with van der Waals surface area (Å²) in [5.41, 5.74) is -0.808. The molecule has 0 bridgehead atoms. The molecule has 0 aliphatic heterocycles. The Kier molecular flexibility index (Phi) is 4.26. The highest BCUT2D eigenvalue weighted by atomic mass is 79.9. The predicted molar refractivity (Wildman–Crippen MR) is 77.1 cm³/mol. The average Bonchev–Trinajstić information content (AvgIpc) is 2.35. The molecule has 8 heteroatoms. The van der Waals surface area contributed by atoms with E-state index in [0.717, 1.165) is 6.42 Å². The van der Waals surface area contributed by atoms with Gasteiger partial charge in [-0.2, -0.15) is 0 Å². The average molecular weight is 357 g/mol. The number of nitrogens with zero attached hydrogens (tertiary/aromatic N) is 1. The maximum Gasteiger partial charge on any atom is 0.305 e. The molecule has 0 radical (unpaired) electrons. The quantitative estimate of drug-likeness (QED) is 0.622. The SMILES string of the molecule is O=C(O)CC1(NC(=O)c2cc([N+](=O)[O-])ccc2Br)CCC1. The molecule has 1 saturated carbocycles. The van der Waals surface area contributed by atoms with E-state index in [2.05, 4.69) is 21.2 Å². The summed E-state index contributed by atoms with van der Waals surface area (Å²) in [5, 5.41) is 22.4. The molecule has 0 aromatic heterocycles. The largest absolute Gasteiger partial charge is 0.481 e. The third kappa shape index (κ3) is 3.38. The van der Waals surface area contributed by atoms with Crippen molar-refractivity contribution in [1.82, 2.24) is 5.32 Å². The van der Waals surface area contributed by atoms with E-state index in [0.29, 0.717) is 17.3 Å². The predicted octanol–water partition coefficient (Wildman–Crippen LogP) is 2.48.